The molecule has 0 heterocycles. The van der Waals surface area contributed by atoms with Gasteiger partial charge in [-0.3, -0.25) is 4.79 Å². The Balaban J connectivity index is 3.78. The molecule has 7 heteroatoms. The Kier molecular flexibility index (Phi) is 6.04. The van der Waals surface area contributed by atoms with Crippen molar-refractivity contribution < 1.29 is 27.8 Å². The molecule has 0 aromatic rings. The topological polar surface area (TPSA) is 46.5 Å². The molecular formula is C8H13F3O3S. The summed E-state index contributed by atoms with van der Waals surface area (Å²) in [5.41, 5.74) is 0. The predicted octanol–water partition coefficient (Wildman–Crippen LogP) is 2.37. The van der Waals surface area contributed by atoms with Crippen LogP contribution in [-0.2, 0) is 9.53 Å². The molecule has 0 aliphatic rings. The largest absolute Gasteiger partial charge is 0.480 e. The van der Waals surface area contributed by atoms with Gasteiger partial charge in [-0.25, -0.2) is 0 Å². The van der Waals surface area contributed by atoms with Crippen molar-refractivity contribution in [2.45, 2.75) is 25.3 Å². The molecule has 0 radical (unpaired) electrons. The van der Waals surface area contributed by atoms with E-state index < -0.39 is 24.0 Å². The van der Waals surface area contributed by atoms with Crippen molar-refractivity contribution in [3.05, 3.63) is 0 Å². The number of rotatable bonds is 6. The summed E-state index contributed by atoms with van der Waals surface area (Å²) in [7, 11) is 0. The van der Waals surface area contributed by atoms with Crippen molar-refractivity contribution in [1.82, 2.24) is 0 Å². The molecule has 3 nitrogen and oxygen atoms in total. The smallest absolute Gasteiger partial charge is 0.411 e. The van der Waals surface area contributed by atoms with Gasteiger partial charge in [0.2, 0.25) is 0 Å². The fourth-order valence-corrected chi connectivity index (χ4v) is 1.68. The Hall–Kier alpha value is -0.430. The molecule has 0 aromatic carbocycles. The molecule has 0 rings (SSSR count). The van der Waals surface area contributed by atoms with E-state index in [9.17, 15) is 18.0 Å². The highest BCUT2D eigenvalue weighted by Crippen LogP contribution is 2.21. The molecule has 1 N–H and O–H groups in total. The Morgan fingerprint density at radius 1 is 1.47 bits per heavy atom. The SMILES string of the molecule is CC(C)C(SCOCC(F)(F)F)C(=O)O. The Morgan fingerprint density at radius 2 is 2.00 bits per heavy atom. The van der Waals surface area contributed by atoms with E-state index in [2.05, 4.69) is 4.74 Å². The van der Waals surface area contributed by atoms with Crippen LogP contribution < -0.4 is 0 Å². The van der Waals surface area contributed by atoms with E-state index in [0.717, 1.165) is 11.8 Å². The molecule has 0 amide bonds. The number of hydrogen-bond acceptors (Lipinski definition) is 3. The monoisotopic (exact) mass is 246 g/mol. The lowest BCUT2D eigenvalue weighted by atomic mass is 10.1. The lowest BCUT2D eigenvalue weighted by molar-refractivity contribution is -0.168. The molecular weight excluding hydrogens is 233 g/mol. The molecule has 0 saturated carbocycles. The molecule has 0 bridgehead atoms. The zero-order chi connectivity index (χ0) is 12.1. The fraction of sp³-hybridized carbons (Fsp3) is 0.875. The first-order valence-electron chi connectivity index (χ1n) is 4.23. The van der Waals surface area contributed by atoms with Crippen LogP contribution in [0.5, 0.6) is 0 Å². The van der Waals surface area contributed by atoms with Gasteiger partial charge in [-0.15, -0.1) is 11.8 Å². The van der Waals surface area contributed by atoms with Gasteiger partial charge in [0.05, 0.1) is 5.94 Å². The van der Waals surface area contributed by atoms with Crippen LogP contribution in [0.4, 0.5) is 13.2 Å². The number of ether oxygens (including phenoxy) is 1. The van der Waals surface area contributed by atoms with E-state index in [-0.39, 0.29) is 11.9 Å². The van der Waals surface area contributed by atoms with E-state index in [1.807, 2.05) is 0 Å². The second-order valence-electron chi connectivity index (χ2n) is 3.25. The lowest BCUT2D eigenvalue weighted by Gasteiger charge is -2.15. The Morgan fingerprint density at radius 3 is 2.33 bits per heavy atom. The van der Waals surface area contributed by atoms with E-state index in [1.54, 1.807) is 13.8 Å². The zero-order valence-electron chi connectivity index (χ0n) is 8.37. The fourth-order valence-electron chi connectivity index (χ4n) is 0.828. The maximum absolute atomic E-state index is 11.6. The van der Waals surface area contributed by atoms with Crippen LogP contribution in [0.3, 0.4) is 0 Å². The van der Waals surface area contributed by atoms with Crippen molar-refractivity contribution in [1.29, 1.82) is 0 Å². The van der Waals surface area contributed by atoms with Crippen LogP contribution in [0.25, 0.3) is 0 Å². The van der Waals surface area contributed by atoms with Crippen LogP contribution in [0, 0.1) is 5.92 Å². The molecule has 15 heavy (non-hydrogen) atoms. The van der Waals surface area contributed by atoms with Crippen LogP contribution in [0.2, 0.25) is 0 Å². The zero-order valence-corrected chi connectivity index (χ0v) is 9.19. The number of aliphatic carboxylic acids is 1. The minimum Gasteiger partial charge on any atom is -0.480 e. The normalized spacial score (nSPS) is 14.3. The number of thioether (sulfide) groups is 1. The molecule has 0 aromatic heterocycles. The van der Waals surface area contributed by atoms with Crippen molar-refractivity contribution in [3.8, 4) is 0 Å². The molecule has 0 aliphatic heterocycles. The van der Waals surface area contributed by atoms with Gasteiger partial charge in [0.25, 0.3) is 0 Å². The highest BCUT2D eigenvalue weighted by atomic mass is 32.2. The predicted molar refractivity (Wildman–Crippen MR) is 50.7 cm³/mol. The highest BCUT2D eigenvalue weighted by molar-refractivity contribution is 8.00. The van der Waals surface area contributed by atoms with Crippen molar-refractivity contribution in [3.63, 3.8) is 0 Å². The maximum Gasteiger partial charge on any atom is 0.411 e. The summed E-state index contributed by atoms with van der Waals surface area (Å²) >= 11 is 0.857. The number of carbonyl (C=O) groups is 1. The third-order valence-corrected chi connectivity index (χ3v) is 2.85. The van der Waals surface area contributed by atoms with Gasteiger partial charge in [-0.05, 0) is 5.92 Å². The second-order valence-corrected chi connectivity index (χ2v) is 4.33. The molecule has 1 atom stereocenters. The Labute approximate surface area is 90.0 Å². The summed E-state index contributed by atoms with van der Waals surface area (Å²) in [6, 6.07) is 0. The summed E-state index contributed by atoms with van der Waals surface area (Å²) in [6.45, 7) is 2.04. The molecule has 0 aliphatic carbocycles. The number of carboxylic acid groups (broad SMARTS) is 1. The van der Waals surface area contributed by atoms with Gasteiger partial charge in [0.1, 0.15) is 11.9 Å². The van der Waals surface area contributed by atoms with E-state index >= 15 is 0 Å². The minimum atomic E-state index is -4.36. The van der Waals surface area contributed by atoms with Crippen molar-refractivity contribution in [2.24, 2.45) is 5.92 Å². The van der Waals surface area contributed by atoms with E-state index in [4.69, 9.17) is 5.11 Å². The van der Waals surface area contributed by atoms with Crippen molar-refractivity contribution in [2.75, 3.05) is 12.5 Å². The van der Waals surface area contributed by atoms with Crippen LogP contribution in [-0.4, -0.2) is 35.0 Å². The average molecular weight is 246 g/mol. The first-order valence-corrected chi connectivity index (χ1v) is 5.28. The van der Waals surface area contributed by atoms with Gasteiger partial charge >= 0.3 is 12.1 Å². The Bertz CT molecular complexity index is 206. The average Bonchev–Trinajstić information content (AvgIpc) is 2.00. The number of hydrogen-bond donors (Lipinski definition) is 1. The van der Waals surface area contributed by atoms with Gasteiger partial charge in [-0.2, -0.15) is 13.2 Å². The third kappa shape index (κ3) is 7.49. The van der Waals surface area contributed by atoms with E-state index in [1.165, 1.54) is 0 Å². The molecule has 0 spiro atoms. The number of carboxylic acids is 1. The first-order chi connectivity index (χ1) is 6.74. The third-order valence-electron chi connectivity index (χ3n) is 1.45. The quantitative estimate of drug-likeness (QED) is 0.577. The summed E-state index contributed by atoms with van der Waals surface area (Å²) in [5.74, 6) is -1.46. The van der Waals surface area contributed by atoms with Gasteiger partial charge in [0.15, 0.2) is 0 Å². The van der Waals surface area contributed by atoms with Gasteiger partial charge in [-0.1, -0.05) is 13.8 Å². The summed E-state index contributed by atoms with van der Waals surface area (Å²) in [6.07, 6.45) is -4.36. The lowest BCUT2D eigenvalue weighted by Crippen LogP contribution is -2.24. The highest BCUT2D eigenvalue weighted by Gasteiger charge is 2.28. The maximum atomic E-state index is 11.6. The minimum absolute atomic E-state index is 0.151. The molecule has 1 unspecified atom stereocenters. The van der Waals surface area contributed by atoms with Crippen LogP contribution >= 0.6 is 11.8 Å². The second kappa shape index (κ2) is 6.22. The van der Waals surface area contributed by atoms with E-state index in [0.29, 0.717) is 0 Å². The van der Waals surface area contributed by atoms with Crippen LogP contribution in [0.1, 0.15) is 13.8 Å². The summed E-state index contributed by atoms with van der Waals surface area (Å²) < 4.78 is 39.2. The van der Waals surface area contributed by atoms with Gasteiger partial charge < -0.3 is 9.84 Å². The van der Waals surface area contributed by atoms with Crippen molar-refractivity contribution >= 4 is 17.7 Å². The molecule has 0 saturated heterocycles. The number of halogens is 3. The first kappa shape index (κ1) is 14.6. The summed E-state index contributed by atoms with van der Waals surface area (Å²) in [4.78, 5) is 10.6. The molecule has 90 valence electrons. The summed E-state index contributed by atoms with van der Waals surface area (Å²) in [5, 5.41) is 7.97. The van der Waals surface area contributed by atoms with Crippen LogP contribution in [0.15, 0.2) is 0 Å². The standard InChI is InChI=1S/C8H13F3O3S/c1-5(2)6(7(12)13)15-4-14-3-8(9,10)11/h5-6H,3-4H2,1-2H3,(H,12,13). The number of alkyl halides is 3. The molecule has 0 fully saturated rings. The van der Waals surface area contributed by atoms with Gasteiger partial charge in [0, 0.05) is 0 Å².